The van der Waals surface area contributed by atoms with Gasteiger partial charge in [-0.1, -0.05) is 72.8 Å². The summed E-state index contributed by atoms with van der Waals surface area (Å²) in [6, 6.07) is 36.1. The molecular formula is C38H34F3N3O4. The van der Waals surface area contributed by atoms with Crippen LogP contribution in [0.4, 0.5) is 18.9 Å². The van der Waals surface area contributed by atoms with Crippen LogP contribution in [0.5, 0.6) is 23.0 Å². The van der Waals surface area contributed by atoms with Crippen LogP contribution in [-0.4, -0.2) is 11.8 Å². The molecule has 0 aliphatic carbocycles. The van der Waals surface area contributed by atoms with Gasteiger partial charge in [0.15, 0.2) is 5.75 Å². The van der Waals surface area contributed by atoms with E-state index in [1.165, 1.54) is 23.1 Å². The number of ether oxygens (including phenoxy) is 2. The van der Waals surface area contributed by atoms with Gasteiger partial charge < -0.3 is 25.4 Å². The van der Waals surface area contributed by atoms with E-state index in [4.69, 9.17) is 15.2 Å². The van der Waals surface area contributed by atoms with E-state index in [0.29, 0.717) is 35.2 Å². The average Bonchev–Trinajstić information content (AvgIpc) is 3.10. The van der Waals surface area contributed by atoms with E-state index >= 15 is 0 Å². The van der Waals surface area contributed by atoms with Crippen molar-refractivity contribution in [2.24, 2.45) is 5.73 Å². The quantitative estimate of drug-likeness (QED) is 0.133. The monoisotopic (exact) mass is 653 g/mol. The van der Waals surface area contributed by atoms with Gasteiger partial charge in [-0.3, -0.25) is 9.59 Å². The van der Waals surface area contributed by atoms with Crippen LogP contribution in [0.1, 0.15) is 35.1 Å². The highest BCUT2D eigenvalue weighted by Gasteiger charge is 2.33. The van der Waals surface area contributed by atoms with Crippen LogP contribution in [0.3, 0.4) is 0 Å². The normalized spacial score (nSPS) is 11.1. The maximum Gasteiger partial charge on any atom is 0.416 e. The summed E-state index contributed by atoms with van der Waals surface area (Å²) in [5.41, 5.74) is 7.07. The van der Waals surface area contributed by atoms with E-state index in [2.05, 4.69) is 5.32 Å². The number of nitrogens with one attached hydrogen (secondary N) is 1. The fraction of sp³-hybridized carbons (Fsp3) is 0.158. The van der Waals surface area contributed by atoms with Gasteiger partial charge in [-0.15, -0.1) is 0 Å². The van der Waals surface area contributed by atoms with E-state index in [0.717, 1.165) is 17.2 Å². The van der Waals surface area contributed by atoms with Crippen molar-refractivity contribution >= 4 is 17.5 Å². The molecule has 0 aromatic heterocycles. The smallest absolute Gasteiger partial charge is 0.416 e. The largest absolute Gasteiger partial charge is 0.457 e. The highest BCUT2D eigenvalue weighted by Crippen LogP contribution is 2.35. The summed E-state index contributed by atoms with van der Waals surface area (Å²) in [6.45, 7) is 0.161. The van der Waals surface area contributed by atoms with Gasteiger partial charge in [-0.25, -0.2) is 0 Å². The molecule has 7 nitrogen and oxygen atoms in total. The molecule has 0 saturated carbocycles. The molecule has 5 aromatic rings. The van der Waals surface area contributed by atoms with Crippen molar-refractivity contribution in [3.05, 3.63) is 150 Å². The lowest BCUT2D eigenvalue weighted by atomic mass is 10.1. The predicted molar refractivity (Wildman–Crippen MR) is 178 cm³/mol. The molecule has 3 N–H and O–H groups in total. The number of anilines is 1. The molecule has 246 valence electrons. The van der Waals surface area contributed by atoms with E-state index in [1.807, 2.05) is 60.7 Å². The standard InChI is InChI=1S/C38H34F3N3O4/c39-38(40,41)33-14-5-4-10-29(33)25-43-36(45)21-22-37(46)44(26-27-17-19-31(20-18-27)47-30-11-2-1-3-12-30)34-15-6-7-16-35(34)48-32-13-8-9-28(23-32)24-42/h1-20,23H,21-22,24-26,42H2,(H,43,45). The summed E-state index contributed by atoms with van der Waals surface area (Å²) in [6.07, 6.45) is -4.97. The van der Waals surface area contributed by atoms with Crippen LogP contribution in [0.15, 0.2) is 127 Å². The number of carbonyl (C=O) groups excluding carboxylic acids is 2. The molecule has 0 radical (unpaired) electrons. The number of benzene rings is 5. The zero-order valence-corrected chi connectivity index (χ0v) is 26.0. The van der Waals surface area contributed by atoms with Crippen LogP contribution in [0, 0.1) is 0 Å². The summed E-state index contributed by atoms with van der Waals surface area (Å²) in [5, 5.41) is 2.52. The van der Waals surface area contributed by atoms with Gasteiger partial charge in [0.25, 0.3) is 0 Å². The van der Waals surface area contributed by atoms with Gasteiger partial charge >= 0.3 is 6.18 Å². The lowest BCUT2D eigenvalue weighted by molar-refractivity contribution is -0.138. The van der Waals surface area contributed by atoms with Crippen molar-refractivity contribution in [3.63, 3.8) is 0 Å². The minimum Gasteiger partial charge on any atom is -0.457 e. The van der Waals surface area contributed by atoms with Crippen LogP contribution in [-0.2, 0) is 35.4 Å². The van der Waals surface area contributed by atoms with Gasteiger partial charge in [0.2, 0.25) is 11.8 Å². The predicted octanol–water partition coefficient (Wildman–Crippen LogP) is 8.38. The molecule has 5 rings (SSSR count). The zero-order valence-electron chi connectivity index (χ0n) is 26.0. The molecular weight excluding hydrogens is 619 g/mol. The van der Waals surface area contributed by atoms with E-state index < -0.39 is 17.6 Å². The second-order valence-electron chi connectivity index (χ2n) is 10.9. The SMILES string of the molecule is NCc1cccc(Oc2ccccc2N(Cc2ccc(Oc3ccccc3)cc2)C(=O)CCC(=O)NCc2ccccc2C(F)(F)F)c1. The van der Waals surface area contributed by atoms with Crippen molar-refractivity contribution in [1.82, 2.24) is 5.32 Å². The Morgan fingerprint density at radius 3 is 2.10 bits per heavy atom. The number of para-hydroxylation sites is 3. The summed E-state index contributed by atoms with van der Waals surface area (Å²) >= 11 is 0. The van der Waals surface area contributed by atoms with Crippen molar-refractivity contribution < 1.29 is 32.2 Å². The molecule has 0 atom stereocenters. The Labute approximate surface area is 276 Å². The second kappa shape index (κ2) is 15.8. The van der Waals surface area contributed by atoms with Crippen molar-refractivity contribution in [1.29, 1.82) is 0 Å². The summed E-state index contributed by atoms with van der Waals surface area (Å²) < 4.78 is 52.3. The Bertz CT molecular complexity index is 1830. The summed E-state index contributed by atoms with van der Waals surface area (Å²) in [7, 11) is 0. The number of rotatable bonds is 13. The van der Waals surface area contributed by atoms with Gasteiger partial charge in [0, 0.05) is 25.9 Å². The molecule has 10 heteroatoms. The Morgan fingerprint density at radius 2 is 1.35 bits per heavy atom. The second-order valence-corrected chi connectivity index (χ2v) is 10.9. The Hall–Kier alpha value is -5.61. The van der Waals surface area contributed by atoms with Crippen LogP contribution in [0.25, 0.3) is 0 Å². The van der Waals surface area contributed by atoms with Crippen molar-refractivity contribution in [3.8, 4) is 23.0 Å². The maximum atomic E-state index is 13.8. The van der Waals surface area contributed by atoms with Gasteiger partial charge in [0.1, 0.15) is 17.2 Å². The fourth-order valence-corrected chi connectivity index (χ4v) is 5.00. The minimum atomic E-state index is -4.55. The topological polar surface area (TPSA) is 93.9 Å². The first-order valence-electron chi connectivity index (χ1n) is 15.3. The van der Waals surface area contributed by atoms with Gasteiger partial charge in [-0.2, -0.15) is 13.2 Å². The summed E-state index contributed by atoms with van der Waals surface area (Å²) in [4.78, 5) is 28.1. The van der Waals surface area contributed by atoms with Crippen molar-refractivity contribution in [2.45, 2.75) is 38.7 Å². The third-order valence-electron chi connectivity index (χ3n) is 7.43. The lowest BCUT2D eigenvalue weighted by Gasteiger charge is -2.25. The lowest BCUT2D eigenvalue weighted by Crippen LogP contribution is -2.32. The zero-order chi connectivity index (χ0) is 33.9. The number of alkyl halides is 3. The molecule has 0 fully saturated rings. The minimum absolute atomic E-state index is 0.0595. The molecule has 48 heavy (non-hydrogen) atoms. The van der Waals surface area contributed by atoms with Crippen LogP contribution in [0.2, 0.25) is 0 Å². The van der Waals surface area contributed by atoms with E-state index in [9.17, 15) is 22.8 Å². The molecule has 0 saturated heterocycles. The number of hydrogen-bond donors (Lipinski definition) is 2. The molecule has 0 bridgehead atoms. The Kier molecular flexibility index (Phi) is 11.1. The number of amides is 2. The number of nitrogens with two attached hydrogens (primary N) is 1. The maximum absolute atomic E-state index is 13.8. The van der Waals surface area contributed by atoms with Gasteiger partial charge in [0.05, 0.1) is 17.8 Å². The van der Waals surface area contributed by atoms with E-state index in [1.54, 1.807) is 42.5 Å². The number of hydrogen-bond acceptors (Lipinski definition) is 5. The number of carbonyl (C=O) groups is 2. The van der Waals surface area contributed by atoms with E-state index in [-0.39, 0.29) is 37.4 Å². The average molecular weight is 654 g/mol. The molecule has 0 unspecified atom stereocenters. The molecule has 0 heterocycles. The number of halogens is 3. The summed E-state index contributed by atoms with van der Waals surface area (Å²) in [5.74, 6) is 1.33. The molecule has 0 spiro atoms. The fourth-order valence-electron chi connectivity index (χ4n) is 5.00. The highest BCUT2D eigenvalue weighted by molar-refractivity contribution is 5.96. The van der Waals surface area contributed by atoms with Gasteiger partial charge in [-0.05, 0) is 71.3 Å². The van der Waals surface area contributed by atoms with Crippen LogP contribution >= 0.6 is 0 Å². The molecule has 0 aliphatic heterocycles. The molecule has 0 aliphatic rings. The third kappa shape index (κ3) is 9.23. The van der Waals surface area contributed by atoms with Crippen molar-refractivity contribution in [2.75, 3.05) is 4.90 Å². The number of nitrogens with zero attached hydrogens (tertiary/aromatic N) is 1. The molecule has 2 amide bonds. The third-order valence-corrected chi connectivity index (χ3v) is 7.43. The first kappa shape index (κ1) is 33.7. The first-order valence-corrected chi connectivity index (χ1v) is 15.3. The Balaban J connectivity index is 1.33. The first-order chi connectivity index (χ1) is 23.2. The molecule has 5 aromatic carbocycles. The Morgan fingerprint density at radius 1 is 0.688 bits per heavy atom. The van der Waals surface area contributed by atoms with Crippen LogP contribution < -0.4 is 25.4 Å². The highest BCUT2D eigenvalue weighted by atomic mass is 19.4.